The Labute approximate surface area is 119 Å². The van der Waals surface area contributed by atoms with Gasteiger partial charge in [-0.2, -0.15) is 0 Å². The lowest BCUT2D eigenvalue weighted by Gasteiger charge is -2.32. The molecular formula is C14H21BN2O3. The van der Waals surface area contributed by atoms with Crippen molar-refractivity contribution in [3.63, 3.8) is 0 Å². The largest absolute Gasteiger partial charge is 0.502 e. The van der Waals surface area contributed by atoms with Gasteiger partial charge in [0.05, 0.1) is 22.8 Å². The SMILES string of the molecule is CC1(C)OB(c2c(OC3CC3)ccnc2N)OC1(C)C. The Bertz CT molecular complexity index is 513. The van der Waals surface area contributed by atoms with Crippen LogP contribution >= 0.6 is 0 Å². The molecule has 0 radical (unpaired) electrons. The van der Waals surface area contributed by atoms with Crippen molar-refractivity contribution >= 4 is 18.4 Å². The van der Waals surface area contributed by atoms with Crippen LogP contribution in [0.4, 0.5) is 5.82 Å². The third kappa shape index (κ3) is 2.27. The Hall–Kier alpha value is -1.27. The molecule has 2 fully saturated rings. The number of nitrogen functional groups attached to an aromatic ring is 1. The Morgan fingerprint density at radius 1 is 1.25 bits per heavy atom. The van der Waals surface area contributed by atoms with E-state index in [1.165, 1.54) is 0 Å². The van der Waals surface area contributed by atoms with E-state index in [1.807, 2.05) is 33.8 Å². The fourth-order valence-electron chi connectivity index (χ4n) is 2.14. The van der Waals surface area contributed by atoms with Crippen molar-refractivity contribution in [2.24, 2.45) is 0 Å². The summed E-state index contributed by atoms with van der Waals surface area (Å²) in [4.78, 5) is 4.15. The molecule has 3 rings (SSSR count). The molecular weight excluding hydrogens is 255 g/mol. The molecule has 0 aromatic carbocycles. The van der Waals surface area contributed by atoms with Crippen LogP contribution in [0.3, 0.4) is 0 Å². The summed E-state index contributed by atoms with van der Waals surface area (Å²) in [5.74, 6) is 1.13. The number of hydrogen-bond acceptors (Lipinski definition) is 5. The van der Waals surface area contributed by atoms with Gasteiger partial charge < -0.3 is 19.8 Å². The van der Waals surface area contributed by atoms with Gasteiger partial charge in [0.25, 0.3) is 0 Å². The van der Waals surface area contributed by atoms with Gasteiger partial charge in [-0.05, 0) is 46.6 Å². The molecule has 0 spiro atoms. The number of aromatic nitrogens is 1. The van der Waals surface area contributed by atoms with Gasteiger partial charge in [0, 0.05) is 6.20 Å². The second-order valence-corrected chi connectivity index (χ2v) is 6.51. The van der Waals surface area contributed by atoms with Crippen molar-refractivity contribution in [1.82, 2.24) is 4.98 Å². The lowest BCUT2D eigenvalue weighted by Crippen LogP contribution is -2.41. The molecule has 20 heavy (non-hydrogen) atoms. The van der Waals surface area contributed by atoms with Gasteiger partial charge in [0.1, 0.15) is 11.6 Å². The zero-order valence-electron chi connectivity index (χ0n) is 12.5. The van der Waals surface area contributed by atoms with Crippen LogP contribution < -0.4 is 15.9 Å². The molecule has 1 aromatic heterocycles. The van der Waals surface area contributed by atoms with Gasteiger partial charge in [0.2, 0.25) is 0 Å². The minimum atomic E-state index is -0.539. The third-order valence-corrected chi connectivity index (χ3v) is 4.29. The fraction of sp³-hybridized carbons (Fsp3) is 0.643. The maximum atomic E-state index is 6.05. The third-order valence-electron chi connectivity index (χ3n) is 4.29. The monoisotopic (exact) mass is 276 g/mol. The number of nitrogens with zero attached hydrogens (tertiary/aromatic N) is 1. The van der Waals surface area contributed by atoms with Crippen molar-refractivity contribution in [2.45, 2.75) is 57.8 Å². The Morgan fingerprint density at radius 2 is 1.85 bits per heavy atom. The molecule has 0 atom stereocenters. The molecule has 2 aliphatic rings. The van der Waals surface area contributed by atoms with E-state index in [9.17, 15) is 0 Å². The topological polar surface area (TPSA) is 66.6 Å². The van der Waals surface area contributed by atoms with Gasteiger partial charge in [-0.25, -0.2) is 4.98 Å². The highest BCUT2D eigenvalue weighted by Crippen LogP contribution is 2.38. The van der Waals surface area contributed by atoms with Crippen LogP contribution in [0.15, 0.2) is 12.3 Å². The van der Waals surface area contributed by atoms with E-state index in [4.69, 9.17) is 19.8 Å². The summed E-state index contributed by atoms with van der Waals surface area (Å²) in [5.41, 5.74) is 5.92. The van der Waals surface area contributed by atoms with E-state index < -0.39 is 18.3 Å². The number of hydrogen-bond donors (Lipinski definition) is 1. The van der Waals surface area contributed by atoms with E-state index >= 15 is 0 Å². The quantitative estimate of drug-likeness (QED) is 0.847. The summed E-state index contributed by atoms with van der Waals surface area (Å²) in [7, 11) is -0.539. The van der Waals surface area contributed by atoms with Crippen LogP contribution in [0.5, 0.6) is 5.75 Å². The van der Waals surface area contributed by atoms with E-state index in [0.717, 1.165) is 18.6 Å². The number of pyridine rings is 1. The maximum absolute atomic E-state index is 6.05. The van der Waals surface area contributed by atoms with Crippen molar-refractivity contribution in [1.29, 1.82) is 0 Å². The molecule has 2 N–H and O–H groups in total. The minimum absolute atomic E-state index is 0.290. The second kappa shape index (κ2) is 4.36. The number of ether oxygens (including phenoxy) is 1. The lowest BCUT2D eigenvalue weighted by atomic mass is 9.78. The fourth-order valence-corrected chi connectivity index (χ4v) is 2.14. The first-order chi connectivity index (χ1) is 9.30. The molecule has 1 aliphatic heterocycles. The molecule has 1 saturated heterocycles. The minimum Gasteiger partial charge on any atom is -0.491 e. The first kappa shape index (κ1) is 13.7. The number of nitrogens with two attached hydrogens (primary N) is 1. The summed E-state index contributed by atoms with van der Waals surface area (Å²) < 4.78 is 18.0. The number of anilines is 1. The second-order valence-electron chi connectivity index (χ2n) is 6.51. The van der Waals surface area contributed by atoms with Crippen molar-refractivity contribution in [3.8, 4) is 5.75 Å². The standard InChI is InChI=1S/C14H21BN2O3/c1-13(2)14(3,4)20-15(19-13)11-10(18-9-5-6-9)7-8-17-12(11)16/h7-9H,5-6H2,1-4H3,(H2,16,17). The first-order valence-electron chi connectivity index (χ1n) is 7.07. The highest BCUT2D eigenvalue weighted by molar-refractivity contribution is 6.64. The summed E-state index contributed by atoms with van der Waals surface area (Å²) in [6.45, 7) is 8.06. The van der Waals surface area contributed by atoms with Gasteiger partial charge >= 0.3 is 7.12 Å². The first-order valence-corrected chi connectivity index (χ1v) is 7.07. The van der Waals surface area contributed by atoms with Crippen LogP contribution in [0, 0.1) is 0 Å². The zero-order chi connectivity index (χ0) is 14.5. The average molecular weight is 276 g/mol. The molecule has 6 heteroatoms. The molecule has 1 aliphatic carbocycles. The Kier molecular flexibility index (Phi) is 2.99. The van der Waals surface area contributed by atoms with Crippen LogP contribution in [0.2, 0.25) is 0 Å². The lowest BCUT2D eigenvalue weighted by molar-refractivity contribution is 0.00578. The van der Waals surface area contributed by atoms with E-state index in [0.29, 0.717) is 11.3 Å². The summed E-state index contributed by atoms with van der Waals surface area (Å²) in [6, 6.07) is 1.83. The van der Waals surface area contributed by atoms with E-state index in [1.54, 1.807) is 6.20 Å². The number of rotatable bonds is 3. The molecule has 2 heterocycles. The van der Waals surface area contributed by atoms with Gasteiger partial charge in [-0.15, -0.1) is 0 Å². The molecule has 1 aromatic rings. The molecule has 5 nitrogen and oxygen atoms in total. The Balaban J connectivity index is 1.94. The molecule has 0 bridgehead atoms. The van der Waals surface area contributed by atoms with E-state index in [-0.39, 0.29) is 6.10 Å². The predicted molar refractivity (Wildman–Crippen MR) is 78.0 cm³/mol. The maximum Gasteiger partial charge on any atom is 0.502 e. The van der Waals surface area contributed by atoms with Crippen molar-refractivity contribution < 1.29 is 14.0 Å². The van der Waals surface area contributed by atoms with Crippen LogP contribution in [0.25, 0.3) is 0 Å². The van der Waals surface area contributed by atoms with Gasteiger partial charge in [0.15, 0.2) is 0 Å². The molecule has 0 unspecified atom stereocenters. The predicted octanol–water partition coefficient (Wildman–Crippen LogP) is 1.50. The molecule has 0 amide bonds. The summed E-state index contributed by atoms with van der Waals surface area (Å²) >= 11 is 0. The average Bonchev–Trinajstić information content (AvgIpc) is 3.07. The zero-order valence-corrected chi connectivity index (χ0v) is 12.5. The van der Waals surface area contributed by atoms with Crippen LogP contribution in [0.1, 0.15) is 40.5 Å². The Morgan fingerprint density at radius 3 is 2.40 bits per heavy atom. The smallest absolute Gasteiger partial charge is 0.491 e. The van der Waals surface area contributed by atoms with Crippen molar-refractivity contribution in [3.05, 3.63) is 12.3 Å². The van der Waals surface area contributed by atoms with Crippen LogP contribution in [-0.4, -0.2) is 29.4 Å². The molecule has 108 valence electrons. The van der Waals surface area contributed by atoms with Gasteiger partial charge in [-0.3, -0.25) is 0 Å². The highest BCUT2D eigenvalue weighted by atomic mass is 16.7. The molecule has 1 saturated carbocycles. The highest BCUT2D eigenvalue weighted by Gasteiger charge is 2.53. The summed E-state index contributed by atoms with van der Waals surface area (Å²) in [5, 5.41) is 0. The van der Waals surface area contributed by atoms with Crippen molar-refractivity contribution in [2.75, 3.05) is 5.73 Å². The van der Waals surface area contributed by atoms with E-state index in [2.05, 4.69) is 4.98 Å². The summed E-state index contributed by atoms with van der Waals surface area (Å²) in [6.07, 6.45) is 4.12. The normalized spacial score (nSPS) is 23.9. The van der Waals surface area contributed by atoms with Crippen LogP contribution in [-0.2, 0) is 9.31 Å². The van der Waals surface area contributed by atoms with Gasteiger partial charge in [-0.1, -0.05) is 0 Å².